The second-order valence-corrected chi connectivity index (χ2v) is 6.11. The highest BCUT2D eigenvalue weighted by molar-refractivity contribution is 5.54. The van der Waals surface area contributed by atoms with Gasteiger partial charge in [-0.05, 0) is 50.8 Å². The van der Waals surface area contributed by atoms with Crippen LogP contribution in [0.4, 0.5) is 4.39 Å². The third-order valence-electron chi connectivity index (χ3n) is 4.15. The Morgan fingerprint density at radius 2 is 2.17 bits per heavy atom. The van der Waals surface area contributed by atoms with Crippen molar-refractivity contribution < 1.29 is 14.0 Å². The third-order valence-corrected chi connectivity index (χ3v) is 4.15. The smallest absolute Gasteiger partial charge is 0.241 e. The van der Waals surface area contributed by atoms with Gasteiger partial charge < -0.3 is 9.63 Å². The van der Waals surface area contributed by atoms with E-state index >= 15 is 0 Å². The molecule has 1 aliphatic rings. The molecule has 124 valence electrons. The molecule has 1 heterocycles. The molecule has 1 fully saturated rings. The van der Waals surface area contributed by atoms with Crippen LogP contribution in [0.2, 0.25) is 0 Å². The fraction of sp³-hybridized carbons (Fsp3) is 0.529. The maximum absolute atomic E-state index is 13.7. The van der Waals surface area contributed by atoms with Crippen molar-refractivity contribution in [2.24, 2.45) is 0 Å². The van der Waals surface area contributed by atoms with Gasteiger partial charge in [0.1, 0.15) is 5.82 Å². The Balaban J connectivity index is 1.66. The van der Waals surface area contributed by atoms with Crippen molar-refractivity contribution in [2.45, 2.75) is 45.2 Å². The minimum Gasteiger partial charge on any atom is -0.396 e. The van der Waals surface area contributed by atoms with Crippen LogP contribution in [-0.2, 0) is 6.54 Å². The number of benzene rings is 1. The summed E-state index contributed by atoms with van der Waals surface area (Å²) < 4.78 is 19.0. The van der Waals surface area contributed by atoms with Crippen molar-refractivity contribution in [3.05, 3.63) is 35.5 Å². The van der Waals surface area contributed by atoms with E-state index in [1.807, 2.05) is 0 Å². The highest BCUT2D eigenvalue weighted by Gasteiger charge is 2.29. The maximum Gasteiger partial charge on any atom is 0.241 e. The van der Waals surface area contributed by atoms with Gasteiger partial charge in [-0.1, -0.05) is 17.3 Å². The molecule has 0 radical (unpaired) electrons. The molecule has 0 saturated heterocycles. The first-order valence-electron chi connectivity index (χ1n) is 8.11. The van der Waals surface area contributed by atoms with Gasteiger partial charge in [0.15, 0.2) is 0 Å². The summed E-state index contributed by atoms with van der Waals surface area (Å²) in [6, 6.07) is 5.53. The number of aryl methyl sites for hydroxylation is 1. The average Bonchev–Trinajstić information content (AvgIpc) is 3.29. The molecule has 5 nitrogen and oxygen atoms in total. The molecule has 1 aromatic heterocycles. The molecular formula is C17H22FN3O2. The lowest BCUT2D eigenvalue weighted by molar-refractivity contribution is 0.203. The molecule has 0 bridgehead atoms. The number of hydrogen-bond acceptors (Lipinski definition) is 5. The van der Waals surface area contributed by atoms with Gasteiger partial charge in [-0.25, -0.2) is 4.39 Å². The molecule has 2 aromatic rings. The van der Waals surface area contributed by atoms with Crippen molar-refractivity contribution in [1.29, 1.82) is 0 Å². The number of nitrogens with zero attached hydrogens (tertiary/aromatic N) is 3. The number of rotatable bonds is 8. The van der Waals surface area contributed by atoms with Gasteiger partial charge in [0.25, 0.3) is 0 Å². The SMILES string of the molecule is Cc1ccc(-c2noc(CN(CCCCO)C3CC3)n2)cc1F. The van der Waals surface area contributed by atoms with E-state index in [4.69, 9.17) is 9.63 Å². The molecule has 1 N–H and O–H groups in total. The van der Waals surface area contributed by atoms with Crippen molar-refractivity contribution in [2.75, 3.05) is 13.2 Å². The van der Waals surface area contributed by atoms with E-state index in [-0.39, 0.29) is 12.4 Å². The Bertz CT molecular complexity index is 655. The Kier molecular flexibility index (Phi) is 5.03. The highest BCUT2D eigenvalue weighted by Crippen LogP contribution is 2.28. The fourth-order valence-corrected chi connectivity index (χ4v) is 2.60. The van der Waals surface area contributed by atoms with Crippen LogP contribution in [0, 0.1) is 12.7 Å². The molecular weight excluding hydrogens is 297 g/mol. The Morgan fingerprint density at radius 3 is 2.87 bits per heavy atom. The molecule has 1 aromatic carbocycles. The van der Waals surface area contributed by atoms with Gasteiger partial charge >= 0.3 is 0 Å². The van der Waals surface area contributed by atoms with Crippen molar-refractivity contribution in [3.63, 3.8) is 0 Å². The first-order valence-corrected chi connectivity index (χ1v) is 8.11. The largest absolute Gasteiger partial charge is 0.396 e. The summed E-state index contributed by atoms with van der Waals surface area (Å²) in [6.07, 6.45) is 4.16. The van der Waals surface area contributed by atoms with Crippen LogP contribution >= 0.6 is 0 Å². The topological polar surface area (TPSA) is 62.4 Å². The summed E-state index contributed by atoms with van der Waals surface area (Å²) in [5.74, 6) is 0.708. The molecule has 23 heavy (non-hydrogen) atoms. The Morgan fingerprint density at radius 1 is 1.35 bits per heavy atom. The summed E-state index contributed by atoms with van der Waals surface area (Å²) in [7, 11) is 0. The molecule has 3 rings (SSSR count). The zero-order valence-electron chi connectivity index (χ0n) is 13.3. The van der Waals surface area contributed by atoms with Crippen molar-refractivity contribution in [3.8, 4) is 11.4 Å². The van der Waals surface area contributed by atoms with Crippen LogP contribution in [0.3, 0.4) is 0 Å². The maximum atomic E-state index is 13.7. The van der Waals surface area contributed by atoms with Gasteiger partial charge in [0.05, 0.1) is 6.54 Å². The van der Waals surface area contributed by atoms with E-state index in [2.05, 4.69) is 15.0 Å². The van der Waals surface area contributed by atoms with Crippen LogP contribution in [0.1, 0.15) is 37.1 Å². The van der Waals surface area contributed by atoms with E-state index in [0.29, 0.717) is 35.4 Å². The Labute approximate surface area is 135 Å². The fourth-order valence-electron chi connectivity index (χ4n) is 2.60. The van der Waals surface area contributed by atoms with Gasteiger partial charge in [-0.15, -0.1) is 0 Å². The number of halogens is 1. The molecule has 6 heteroatoms. The van der Waals surface area contributed by atoms with Gasteiger partial charge in [0, 0.05) is 18.2 Å². The number of aromatic nitrogens is 2. The molecule has 0 unspecified atom stereocenters. The van der Waals surface area contributed by atoms with Crippen molar-refractivity contribution in [1.82, 2.24) is 15.0 Å². The molecule has 0 aliphatic heterocycles. The van der Waals surface area contributed by atoms with Crippen molar-refractivity contribution >= 4 is 0 Å². The van der Waals surface area contributed by atoms with E-state index < -0.39 is 0 Å². The van der Waals surface area contributed by atoms with E-state index in [0.717, 1.165) is 19.4 Å². The summed E-state index contributed by atoms with van der Waals surface area (Å²) in [6.45, 7) is 3.47. The summed E-state index contributed by atoms with van der Waals surface area (Å²) in [4.78, 5) is 6.72. The first-order chi connectivity index (χ1) is 11.2. The van der Waals surface area contributed by atoms with Crippen LogP contribution in [-0.4, -0.2) is 39.3 Å². The van der Waals surface area contributed by atoms with Gasteiger partial charge in [0.2, 0.25) is 11.7 Å². The highest BCUT2D eigenvalue weighted by atomic mass is 19.1. The molecule has 1 saturated carbocycles. The summed E-state index contributed by atoms with van der Waals surface area (Å²) in [5, 5.41) is 12.9. The third kappa shape index (κ3) is 4.14. The average molecular weight is 319 g/mol. The lowest BCUT2D eigenvalue weighted by atomic mass is 10.1. The lowest BCUT2D eigenvalue weighted by Gasteiger charge is -2.19. The Hall–Kier alpha value is -1.79. The van der Waals surface area contributed by atoms with E-state index in [1.165, 1.54) is 18.9 Å². The minimum atomic E-state index is -0.266. The molecule has 0 atom stereocenters. The second-order valence-electron chi connectivity index (χ2n) is 6.11. The van der Waals surface area contributed by atoms with Gasteiger partial charge in [-0.2, -0.15) is 4.98 Å². The molecule has 1 aliphatic carbocycles. The number of aliphatic hydroxyl groups excluding tert-OH is 1. The minimum absolute atomic E-state index is 0.224. The van der Waals surface area contributed by atoms with Crippen LogP contribution < -0.4 is 0 Å². The zero-order chi connectivity index (χ0) is 16.2. The van der Waals surface area contributed by atoms with E-state index in [1.54, 1.807) is 19.1 Å². The number of unbranched alkanes of at least 4 members (excludes halogenated alkanes) is 1. The van der Waals surface area contributed by atoms with Crippen LogP contribution in [0.15, 0.2) is 22.7 Å². The number of aliphatic hydroxyl groups is 1. The predicted molar refractivity (Wildman–Crippen MR) is 84.2 cm³/mol. The molecule has 0 amide bonds. The second kappa shape index (κ2) is 7.19. The normalized spacial score (nSPS) is 14.6. The lowest BCUT2D eigenvalue weighted by Crippen LogP contribution is -2.27. The standard InChI is InChI=1S/C17H22FN3O2/c1-12-4-5-13(10-15(12)18)17-19-16(23-20-17)11-21(14-6-7-14)8-2-3-9-22/h4-5,10,14,22H,2-3,6-9,11H2,1H3. The first kappa shape index (κ1) is 16.1. The summed E-state index contributed by atoms with van der Waals surface area (Å²) >= 11 is 0. The van der Waals surface area contributed by atoms with E-state index in [9.17, 15) is 4.39 Å². The number of hydrogen-bond donors (Lipinski definition) is 1. The van der Waals surface area contributed by atoms with Crippen LogP contribution in [0.25, 0.3) is 11.4 Å². The zero-order valence-corrected chi connectivity index (χ0v) is 13.3. The van der Waals surface area contributed by atoms with Gasteiger partial charge in [-0.3, -0.25) is 4.90 Å². The monoisotopic (exact) mass is 319 g/mol. The molecule has 0 spiro atoms. The predicted octanol–water partition coefficient (Wildman–Crippen LogP) is 2.92. The summed E-state index contributed by atoms with van der Waals surface area (Å²) in [5.41, 5.74) is 1.22. The quantitative estimate of drug-likeness (QED) is 0.758. The van der Waals surface area contributed by atoms with Crippen LogP contribution in [0.5, 0.6) is 0 Å².